The summed E-state index contributed by atoms with van der Waals surface area (Å²) in [5.41, 5.74) is 2.31. The maximum absolute atomic E-state index is 13.5. The van der Waals surface area contributed by atoms with Crippen LogP contribution in [0.3, 0.4) is 0 Å². The fourth-order valence-corrected chi connectivity index (χ4v) is 7.72. The van der Waals surface area contributed by atoms with Crippen LogP contribution >= 0.6 is 0 Å². The third-order valence-corrected chi connectivity index (χ3v) is 11.0. The predicted molar refractivity (Wildman–Crippen MR) is 147 cm³/mol. The van der Waals surface area contributed by atoms with E-state index in [1.807, 2.05) is 24.3 Å². The number of Topliss-reactive ketones (excluding diaryl/α,β-unsaturated/α-hetero) is 1. The molecule has 6 rings (SSSR count). The van der Waals surface area contributed by atoms with Crippen molar-refractivity contribution in [3.05, 3.63) is 35.9 Å². The number of sulfone groups is 1. The Balaban J connectivity index is 1.29. The highest BCUT2D eigenvalue weighted by molar-refractivity contribution is 7.91. The molecule has 0 amide bonds. The van der Waals surface area contributed by atoms with Crippen LogP contribution < -0.4 is 4.90 Å². The number of nitriles is 1. The highest BCUT2D eigenvalue weighted by atomic mass is 32.2. The molecular weight excluding hydrogens is 514 g/mol. The lowest BCUT2D eigenvalue weighted by atomic mass is 9.73. The number of oxazole rings is 1. The lowest BCUT2D eigenvalue weighted by Crippen LogP contribution is -2.40. The molecule has 2 atom stereocenters. The molecule has 0 radical (unpaired) electrons. The lowest BCUT2D eigenvalue weighted by molar-refractivity contribution is -0.125. The van der Waals surface area contributed by atoms with Crippen LogP contribution in [0, 0.1) is 22.7 Å². The number of hydrogen-bond acceptors (Lipinski definition) is 8. The number of carbonyl (C=O) groups excluding carboxylic acids is 1. The number of carbonyl (C=O) groups is 1. The second-order valence-corrected chi connectivity index (χ2v) is 14.3. The molecule has 1 aromatic carbocycles. The van der Waals surface area contributed by atoms with Gasteiger partial charge >= 0.3 is 0 Å². The van der Waals surface area contributed by atoms with Gasteiger partial charge in [-0.05, 0) is 50.7 Å². The Morgan fingerprint density at radius 2 is 1.85 bits per heavy atom. The first kappa shape index (κ1) is 26.5. The highest BCUT2D eigenvalue weighted by Gasteiger charge is 2.48. The van der Waals surface area contributed by atoms with Crippen LogP contribution in [0.5, 0.6) is 0 Å². The summed E-state index contributed by atoms with van der Waals surface area (Å²) in [6, 6.07) is 10.5. The molecule has 0 spiro atoms. The Kier molecular flexibility index (Phi) is 7.05. The fourth-order valence-electron chi connectivity index (χ4n) is 6.52. The van der Waals surface area contributed by atoms with E-state index in [0.717, 1.165) is 80.0 Å². The van der Waals surface area contributed by atoms with E-state index in [0.29, 0.717) is 19.5 Å². The second-order valence-electron chi connectivity index (χ2n) is 12.0. The van der Waals surface area contributed by atoms with Gasteiger partial charge in [-0.2, -0.15) is 5.26 Å². The smallest absolute Gasteiger partial charge is 0.198 e. The summed E-state index contributed by atoms with van der Waals surface area (Å²) in [6.45, 7) is 0.999. The van der Waals surface area contributed by atoms with E-state index < -0.39 is 15.3 Å². The first-order valence-electron chi connectivity index (χ1n) is 14.3. The number of benzene rings is 1. The number of hydrogen-bond donors (Lipinski definition) is 0. The summed E-state index contributed by atoms with van der Waals surface area (Å²) < 4.78 is 35.8. The van der Waals surface area contributed by atoms with Crippen LogP contribution in [0.15, 0.2) is 28.7 Å². The van der Waals surface area contributed by atoms with Crippen LogP contribution in [0.25, 0.3) is 11.3 Å². The zero-order valence-corrected chi connectivity index (χ0v) is 23.4. The van der Waals surface area contributed by atoms with E-state index in [-0.39, 0.29) is 41.1 Å². The molecule has 4 aliphatic rings. The van der Waals surface area contributed by atoms with Gasteiger partial charge in [0.25, 0.3) is 0 Å². The topological polar surface area (TPSA) is 113 Å². The van der Waals surface area contributed by atoms with Crippen molar-refractivity contribution in [3.8, 4) is 17.3 Å². The predicted octanol–water partition coefficient (Wildman–Crippen LogP) is 5.01. The lowest BCUT2D eigenvalue weighted by Gasteiger charge is -2.32. The van der Waals surface area contributed by atoms with Gasteiger partial charge in [0.05, 0.1) is 29.1 Å². The SMILES string of the molecule is COC1CC(c2nc(-c3ccc(N4CCS(=O)(=O)CC4)cc3)c([C@@H]3CCCC[C@H]3C(=O)CC3(C#N)CC3)o2)C1. The van der Waals surface area contributed by atoms with E-state index >= 15 is 0 Å². The molecule has 1 saturated heterocycles. The monoisotopic (exact) mass is 551 g/mol. The van der Waals surface area contributed by atoms with Crippen LogP contribution in [-0.2, 0) is 19.4 Å². The van der Waals surface area contributed by atoms with Gasteiger partial charge < -0.3 is 14.1 Å². The van der Waals surface area contributed by atoms with Gasteiger partial charge in [-0.15, -0.1) is 0 Å². The zero-order valence-electron chi connectivity index (χ0n) is 22.6. The molecule has 1 aliphatic heterocycles. The van der Waals surface area contributed by atoms with Gasteiger partial charge in [0.2, 0.25) is 0 Å². The second kappa shape index (κ2) is 10.4. The molecule has 0 bridgehead atoms. The molecule has 39 heavy (non-hydrogen) atoms. The third kappa shape index (κ3) is 5.38. The minimum Gasteiger partial charge on any atom is -0.444 e. The number of ether oxygens (including phenoxy) is 1. The van der Waals surface area contributed by atoms with E-state index in [1.54, 1.807) is 7.11 Å². The van der Waals surface area contributed by atoms with E-state index in [1.165, 1.54) is 0 Å². The average molecular weight is 552 g/mol. The number of ketones is 1. The summed E-state index contributed by atoms with van der Waals surface area (Å²) in [6.07, 6.45) is 7.74. The fraction of sp³-hybridized carbons (Fsp3) is 0.633. The Hall–Kier alpha value is -2.70. The van der Waals surface area contributed by atoms with Gasteiger partial charge in [0.1, 0.15) is 17.2 Å². The molecule has 1 aromatic heterocycles. The molecule has 9 heteroatoms. The Morgan fingerprint density at radius 1 is 1.15 bits per heavy atom. The van der Waals surface area contributed by atoms with Crippen LogP contribution in [-0.4, -0.2) is 57.0 Å². The standard InChI is InChI=1S/C30H37N3O5S/c1-37-23-16-21(17-23)29-32-27(20-6-8-22(9-7-20)33-12-14-39(35,36)15-13-33)28(38-29)25-5-3-2-4-24(25)26(34)18-30(19-31)10-11-30/h6-9,21,23-25H,2-5,10-18H2,1H3/t21?,23?,24-,25-/m1/s1. The molecule has 2 heterocycles. The van der Waals surface area contributed by atoms with Gasteiger partial charge in [0, 0.05) is 55.6 Å². The molecule has 0 unspecified atom stereocenters. The number of nitrogens with zero attached hydrogens (tertiary/aromatic N) is 3. The summed E-state index contributed by atoms with van der Waals surface area (Å²) in [5, 5.41) is 9.59. The van der Waals surface area contributed by atoms with Gasteiger partial charge in [-0.3, -0.25) is 4.79 Å². The number of methoxy groups -OCH3 is 1. The maximum Gasteiger partial charge on any atom is 0.198 e. The average Bonchev–Trinajstić information content (AvgIpc) is 3.56. The van der Waals surface area contributed by atoms with Crippen LogP contribution in [0.2, 0.25) is 0 Å². The molecule has 208 valence electrons. The first-order valence-corrected chi connectivity index (χ1v) is 16.1. The van der Waals surface area contributed by atoms with Crippen molar-refractivity contribution in [2.75, 3.05) is 36.6 Å². The van der Waals surface area contributed by atoms with Crippen molar-refractivity contribution in [2.45, 2.75) is 75.7 Å². The number of anilines is 1. The molecule has 0 N–H and O–H groups in total. The minimum atomic E-state index is -2.94. The van der Waals surface area contributed by atoms with E-state index in [9.17, 15) is 18.5 Å². The first-order chi connectivity index (χ1) is 18.8. The maximum atomic E-state index is 13.5. The molecule has 3 aliphatic carbocycles. The summed E-state index contributed by atoms with van der Waals surface area (Å²) >= 11 is 0. The van der Waals surface area contributed by atoms with Crippen molar-refractivity contribution in [1.82, 2.24) is 4.98 Å². The number of aromatic nitrogens is 1. The van der Waals surface area contributed by atoms with Crippen molar-refractivity contribution >= 4 is 21.3 Å². The largest absolute Gasteiger partial charge is 0.444 e. The van der Waals surface area contributed by atoms with E-state index in [4.69, 9.17) is 14.1 Å². The molecule has 2 aromatic rings. The van der Waals surface area contributed by atoms with Crippen molar-refractivity contribution in [1.29, 1.82) is 5.26 Å². The molecule has 3 saturated carbocycles. The van der Waals surface area contributed by atoms with Crippen molar-refractivity contribution < 1.29 is 22.4 Å². The number of rotatable bonds is 8. The Labute approximate surface area is 230 Å². The van der Waals surface area contributed by atoms with Gasteiger partial charge in [-0.25, -0.2) is 13.4 Å². The summed E-state index contributed by atoms with van der Waals surface area (Å²) in [7, 11) is -1.21. The third-order valence-electron chi connectivity index (χ3n) is 9.42. The summed E-state index contributed by atoms with van der Waals surface area (Å²) in [5.74, 6) is 2.12. The Bertz CT molecular complexity index is 1350. The molecular formula is C30H37N3O5S. The van der Waals surface area contributed by atoms with E-state index in [2.05, 4.69) is 11.0 Å². The minimum absolute atomic E-state index is 0.0396. The normalized spacial score (nSPS) is 29.3. The van der Waals surface area contributed by atoms with Crippen LogP contribution in [0.4, 0.5) is 5.69 Å². The molecule has 8 nitrogen and oxygen atoms in total. The van der Waals surface area contributed by atoms with Crippen LogP contribution in [0.1, 0.15) is 81.3 Å². The molecule has 4 fully saturated rings. The summed E-state index contributed by atoms with van der Waals surface area (Å²) in [4.78, 5) is 20.7. The van der Waals surface area contributed by atoms with Crippen molar-refractivity contribution in [3.63, 3.8) is 0 Å². The zero-order chi connectivity index (χ0) is 27.2. The highest BCUT2D eigenvalue weighted by Crippen LogP contribution is 2.51. The van der Waals surface area contributed by atoms with Crippen molar-refractivity contribution in [2.24, 2.45) is 11.3 Å². The Morgan fingerprint density at radius 3 is 2.49 bits per heavy atom. The van der Waals surface area contributed by atoms with Gasteiger partial charge in [-0.1, -0.05) is 25.0 Å². The van der Waals surface area contributed by atoms with Gasteiger partial charge in [0.15, 0.2) is 15.7 Å². The quantitative estimate of drug-likeness (QED) is 0.450.